The van der Waals surface area contributed by atoms with E-state index in [9.17, 15) is 13.2 Å². The summed E-state index contributed by atoms with van der Waals surface area (Å²) in [6.45, 7) is 8.34. The molecule has 0 saturated heterocycles. The van der Waals surface area contributed by atoms with E-state index >= 15 is 0 Å². The maximum atomic E-state index is 12.3. The van der Waals surface area contributed by atoms with Gasteiger partial charge < -0.3 is 23.7 Å². The third kappa shape index (κ3) is 15.7. The van der Waals surface area contributed by atoms with Crippen LogP contribution < -0.4 is 19.1 Å². The molecule has 1 aromatic heterocycles. The molecule has 0 radical (unpaired) electrons. The first-order valence-electron chi connectivity index (χ1n) is 18.0. The fourth-order valence-corrected chi connectivity index (χ4v) is 5.86. The summed E-state index contributed by atoms with van der Waals surface area (Å²) in [5.41, 5.74) is 3.10. The summed E-state index contributed by atoms with van der Waals surface area (Å²) in [6, 6.07) is 24.9. The van der Waals surface area contributed by atoms with E-state index in [1.807, 2.05) is 125 Å². The lowest BCUT2D eigenvalue weighted by Crippen LogP contribution is -2.37. The van der Waals surface area contributed by atoms with Crippen LogP contribution in [-0.2, 0) is 48.7 Å². The van der Waals surface area contributed by atoms with Crippen LogP contribution in [0, 0.1) is 0 Å². The zero-order valence-corrected chi connectivity index (χ0v) is 32.7. The topological polar surface area (TPSA) is 132 Å². The number of hydrogen-bond acceptors (Lipinski definition) is 10. The monoisotopic (exact) mass is 765 g/mol. The summed E-state index contributed by atoms with van der Waals surface area (Å²) in [5.74, 6) is 1.41. The van der Waals surface area contributed by atoms with Crippen LogP contribution in [0.5, 0.6) is 11.5 Å². The van der Waals surface area contributed by atoms with Gasteiger partial charge in [-0.25, -0.2) is 4.79 Å². The molecule has 0 aliphatic rings. The minimum absolute atomic E-state index is 0.0611. The molecule has 14 heteroatoms. The van der Waals surface area contributed by atoms with Gasteiger partial charge >= 0.3 is 6.09 Å². The summed E-state index contributed by atoms with van der Waals surface area (Å²) in [7, 11) is -0.128. The van der Waals surface area contributed by atoms with Crippen molar-refractivity contribution in [1.82, 2.24) is 9.90 Å². The number of carbonyl (C=O) groups is 1. The smallest absolute Gasteiger partial charge is 0.414 e. The zero-order valence-electron chi connectivity index (χ0n) is 31.9. The van der Waals surface area contributed by atoms with Gasteiger partial charge in [0.1, 0.15) is 37.3 Å². The third-order valence-electron chi connectivity index (χ3n) is 7.73. The Kier molecular flexibility index (Phi) is 16.5. The summed E-state index contributed by atoms with van der Waals surface area (Å²) in [4.78, 5) is 13.8. The molecule has 0 unspecified atom stereocenters. The van der Waals surface area contributed by atoms with Crippen LogP contribution in [0.3, 0.4) is 0 Å². The normalized spacial score (nSPS) is 11.9. The van der Waals surface area contributed by atoms with Crippen LogP contribution in [0.25, 0.3) is 12.2 Å². The molecule has 4 aromatic rings. The number of anilines is 1. The zero-order chi connectivity index (χ0) is 38.8. The lowest BCUT2D eigenvalue weighted by Gasteiger charge is -2.24. The Labute approximate surface area is 319 Å². The van der Waals surface area contributed by atoms with Crippen molar-refractivity contribution in [2.75, 3.05) is 57.3 Å². The fraction of sp³-hybridized carbons (Fsp3) is 0.425. The Morgan fingerprint density at radius 2 is 1.41 bits per heavy atom. The van der Waals surface area contributed by atoms with Gasteiger partial charge in [-0.05, 0) is 74.7 Å². The quantitative estimate of drug-likeness (QED) is 0.0402. The van der Waals surface area contributed by atoms with Gasteiger partial charge in [-0.15, -0.1) is 9.36 Å². The van der Waals surface area contributed by atoms with Crippen molar-refractivity contribution in [2.45, 2.75) is 52.4 Å². The predicted octanol–water partition coefficient (Wildman–Crippen LogP) is 6.07. The average molecular weight is 766 g/mol. The van der Waals surface area contributed by atoms with E-state index in [-0.39, 0.29) is 12.4 Å². The molecule has 13 nitrogen and oxygen atoms in total. The number of para-hydroxylation sites is 1. The first-order chi connectivity index (χ1) is 25.9. The van der Waals surface area contributed by atoms with E-state index in [1.54, 1.807) is 16.4 Å². The Balaban J connectivity index is 0.994. The van der Waals surface area contributed by atoms with Crippen LogP contribution in [-0.4, -0.2) is 82.4 Å². The number of nitrogens with zero attached hydrogens (tertiary/aromatic N) is 4. The fourth-order valence-electron chi connectivity index (χ4n) is 4.89. The Morgan fingerprint density at radius 3 is 2.07 bits per heavy atom. The van der Waals surface area contributed by atoms with Crippen molar-refractivity contribution in [3.05, 3.63) is 102 Å². The van der Waals surface area contributed by atoms with E-state index in [2.05, 4.69) is 5.21 Å². The van der Waals surface area contributed by atoms with Crippen molar-refractivity contribution in [3.8, 4) is 11.5 Å². The molecule has 0 aliphatic heterocycles. The molecule has 0 bridgehead atoms. The molecule has 3 aromatic carbocycles. The Bertz CT molecular complexity index is 1840. The molecule has 0 spiro atoms. The van der Waals surface area contributed by atoms with Gasteiger partial charge in [-0.1, -0.05) is 54.6 Å². The van der Waals surface area contributed by atoms with Gasteiger partial charge in [-0.3, -0.25) is 9.08 Å². The second-order valence-electron chi connectivity index (χ2n) is 13.4. The minimum Gasteiger partial charge on any atom is -0.491 e. The number of aromatic nitrogens is 3. The highest BCUT2D eigenvalue weighted by atomic mass is 32.2. The number of rotatable bonds is 22. The largest absolute Gasteiger partial charge is 0.491 e. The van der Waals surface area contributed by atoms with Gasteiger partial charge in [0.25, 0.3) is 10.1 Å². The van der Waals surface area contributed by atoms with Gasteiger partial charge in [0.05, 0.1) is 37.4 Å². The number of ether oxygens (including phenoxy) is 5. The lowest BCUT2D eigenvalue weighted by molar-refractivity contribution is -0.755. The summed E-state index contributed by atoms with van der Waals surface area (Å²) in [5, 5.41) is 4.39. The molecule has 0 fully saturated rings. The first-order valence-corrected chi connectivity index (χ1v) is 19.6. The number of aryl methyl sites for hydroxylation is 2. The Morgan fingerprint density at radius 1 is 0.796 bits per heavy atom. The van der Waals surface area contributed by atoms with Gasteiger partial charge in [0, 0.05) is 25.8 Å². The van der Waals surface area contributed by atoms with E-state index in [1.165, 1.54) is 4.90 Å². The number of benzene rings is 3. The lowest BCUT2D eigenvalue weighted by atomic mass is 10.1. The van der Waals surface area contributed by atoms with Crippen LogP contribution in [0.2, 0.25) is 0 Å². The maximum Gasteiger partial charge on any atom is 0.414 e. The van der Waals surface area contributed by atoms with Crippen LogP contribution in [0.1, 0.15) is 50.4 Å². The third-order valence-corrected chi connectivity index (χ3v) is 9.05. The molecule has 0 atom stereocenters. The number of hydrogen-bond donors (Lipinski definition) is 0. The molecule has 0 N–H and O–H groups in total. The van der Waals surface area contributed by atoms with Crippen LogP contribution >= 0.6 is 0 Å². The van der Waals surface area contributed by atoms with Gasteiger partial charge in [-0.2, -0.15) is 8.42 Å². The van der Waals surface area contributed by atoms with Crippen molar-refractivity contribution in [3.63, 3.8) is 0 Å². The summed E-state index contributed by atoms with van der Waals surface area (Å²) < 4.78 is 61.2. The second-order valence-corrected chi connectivity index (χ2v) is 15.2. The average Bonchev–Trinajstić information content (AvgIpc) is 3.50. The molecular weight excluding hydrogens is 713 g/mol. The van der Waals surface area contributed by atoms with E-state index in [4.69, 9.17) is 27.9 Å². The SMILES string of the molecule is CN(C(=O)OC(C)(C)C)c1ccc(/C=C/c2ccc(OCCOCCOCCCOS(=O)(=O)CCC[n+]3cc(COc4ccccc4)n(C)n3)cc2)cc1. The number of amides is 1. The van der Waals surface area contributed by atoms with Crippen LogP contribution in [0.15, 0.2) is 85.1 Å². The minimum atomic E-state index is -3.64. The molecule has 1 heterocycles. The maximum absolute atomic E-state index is 12.3. The molecule has 54 heavy (non-hydrogen) atoms. The predicted molar refractivity (Wildman–Crippen MR) is 207 cm³/mol. The molecule has 292 valence electrons. The molecular formula is C40H53N4O9S+. The second kappa shape index (κ2) is 21.2. The van der Waals surface area contributed by atoms with E-state index in [0.29, 0.717) is 59.0 Å². The van der Waals surface area contributed by atoms with Gasteiger partial charge in [0.2, 0.25) is 5.69 Å². The molecule has 4 rings (SSSR count). The molecule has 0 aliphatic carbocycles. The van der Waals surface area contributed by atoms with Gasteiger partial charge in [0.15, 0.2) is 12.8 Å². The van der Waals surface area contributed by atoms with Crippen molar-refractivity contribution >= 4 is 34.1 Å². The number of carbonyl (C=O) groups excluding carboxylic acids is 1. The molecule has 1 amide bonds. The van der Waals surface area contributed by atoms with E-state index in [0.717, 1.165) is 34.0 Å². The first kappa shape index (κ1) is 42.0. The standard InChI is InChI=1S/C40H53N4O9S/c1-40(2,3)53-39(45)42(4)35-19-15-33(16-20-35)13-14-34-17-21-38(22-18-34)50-29-28-49-27-26-48-24-10-25-52-54(46,47)30-9-23-44-31-36(43(5)41-44)32-51-37-11-7-6-8-12-37/h6-8,11-22,31H,9-10,23-30,32H2,1-5H3/q+1/b14-13+. The highest BCUT2D eigenvalue weighted by Gasteiger charge is 2.20. The summed E-state index contributed by atoms with van der Waals surface area (Å²) >= 11 is 0. The van der Waals surface area contributed by atoms with Crippen LogP contribution in [0.4, 0.5) is 10.5 Å². The van der Waals surface area contributed by atoms with Crippen molar-refractivity contribution in [1.29, 1.82) is 0 Å². The highest BCUT2D eigenvalue weighted by Crippen LogP contribution is 2.20. The Hall–Kier alpha value is -4.76. The van der Waals surface area contributed by atoms with Crippen molar-refractivity contribution < 1.29 is 45.8 Å². The highest BCUT2D eigenvalue weighted by molar-refractivity contribution is 7.86. The van der Waals surface area contributed by atoms with E-state index < -0.39 is 21.8 Å². The molecule has 0 saturated carbocycles. The summed E-state index contributed by atoms with van der Waals surface area (Å²) in [6.07, 6.45) is 6.29. The van der Waals surface area contributed by atoms with Crippen molar-refractivity contribution in [2.24, 2.45) is 7.05 Å².